The van der Waals surface area contributed by atoms with Crippen LogP contribution in [0.25, 0.3) is 0 Å². The van der Waals surface area contributed by atoms with Crippen molar-refractivity contribution >= 4 is 11.7 Å². The molecule has 1 aliphatic heterocycles. The summed E-state index contributed by atoms with van der Waals surface area (Å²) in [5.41, 5.74) is 2.44. The Bertz CT molecular complexity index is 426. The normalized spacial score (nSPS) is 14.4. The molecule has 0 bridgehead atoms. The zero-order valence-electron chi connectivity index (χ0n) is 9.15. The minimum Gasteiger partial charge on any atom is -0.478 e. The highest BCUT2D eigenvalue weighted by Gasteiger charge is 2.20. The second kappa shape index (κ2) is 4.39. The number of nitrogens with zero attached hydrogens (tertiary/aromatic N) is 1. The molecule has 0 atom stereocenters. The van der Waals surface area contributed by atoms with Gasteiger partial charge < -0.3 is 10.0 Å². The maximum Gasteiger partial charge on any atom is 0.336 e. The molecule has 0 saturated carbocycles. The van der Waals surface area contributed by atoms with Gasteiger partial charge in [-0.15, -0.1) is 6.58 Å². The van der Waals surface area contributed by atoms with Crippen LogP contribution in [0.15, 0.2) is 30.9 Å². The van der Waals surface area contributed by atoms with Gasteiger partial charge in [-0.3, -0.25) is 0 Å². The third kappa shape index (κ3) is 1.81. The van der Waals surface area contributed by atoms with Gasteiger partial charge in [0.15, 0.2) is 0 Å². The topological polar surface area (TPSA) is 40.5 Å². The number of carboxylic acids is 1. The van der Waals surface area contributed by atoms with E-state index in [4.69, 9.17) is 5.11 Å². The Morgan fingerprint density at radius 1 is 1.56 bits per heavy atom. The lowest BCUT2D eigenvalue weighted by Crippen LogP contribution is -2.30. The molecule has 0 saturated heterocycles. The Morgan fingerprint density at radius 2 is 2.38 bits per heavy atom. The summed E-state index contributed by atoms with van der Waals surface area (Å²) in [4.78, 5) is 13.3. The van der Waals surface area contributed by atoms with Crippen molar-refractivity contribution in [1.29, 1.82) is 0 Å². The lowest BCUT2D eigenvalue weighted by molar-refractivity contribution is 0.0695. The molecule has 1 heterocycles. The Kier molecular flexibility index (Phi) is 2.95. The van der Waals surface area contributed by atoms with Gasteiger partial charge in [0.05, 0.1) is 5.56 Å². The number of carbonyl (C=O) groups is 1. The van der Waals surface area contributed by atoms with Crippen molar-refractivity contribution in [2.45, 2.75) is 12.8 Å². The van der Waals surface area contributed by atoms with Crippen molar-refractivity contribution in [2.24, 2.45) is 0 Å². The SMILES string of the molecule is C=CCN1CCCc2c(C(=O)O)cccc21. The average molecular weight is 217 g/mol. The second-order valence-electron chi connectivity index (χ2n) is 3.95. The third-order valence-electron chi connectivity index (χ3n) is 2.93. The highest BCUT2D eigenvalue weighted by atomic mass is 16.4. The molecular weight excluding hydrogens is 202 g/mol. The number of hydrogen-bond donors (Lipinski definition) is 1. The first kappa shape index (κ1) is 10.7. The number of aromatic carboxylic acids is 1. The van der Waals surface area contributed by atoms with Gasteiger partial charge in [0.25, 0.3) is 0 Å². The Labute approximate surface area is 95.0 Å². The molecule has 0 unspecified atom stereocenters. The maximum atomic E-state index is 11.1. The summed E-state index contributed by atoms with van der Waals surface area (Å²) in [6, 6.07) is 5.48. The molecular formula is C13H15NO2. The zero-order valence-corrected chi connectivity index (χ0v) is 9.15. The Balaban J connectivity index is 2.46. The molecule has 3 heteroatoms. The molecule has 0 amide bonds. The summed E-state index contributed by atoms with van der Waals surface area (Å²) in [5.74, 6) is -0.836. The van der Waals surface area contributed by atoms with Crippen molar-refractivity contribution in [3.8, 4) is 0 Å². The minimum absolute atomic E-state index is 0.436. The van der Waals surface area contributed by atoms with Gasteiger partial charge in [0.2, 0.25) is 0 Å². The number of anilines is 1. The summed E-state index contributed by atoms with van der Waals surface area (Å²) >= 11 is 0. The fourth-order valence-electron chi connectivity index (χ4n) is 2.25. The third-order valence-corrected chi connectivity index (χ3v) is 2.93. The molecule has 16 heavy (non-hydrogen) atoms. The fraction of sp³-hybridized carbons (Fsp3) is 0.308. The monoisotopic (exact) mass is 217 g/mol. The van der Waals surface area contributed by atoms with E-state index >= 15 is 0 Å². The van der Waals surface area contributed by atoms with Crippen LogP contribution in [0.5, 0.6) is 0 Å². The molecule has 0 spiro atoms. The molecule has 0 aliphatic carbocycles. The first-order valence-corrected chi connectivity index (χ1v) is 5.45. The number of benzene rings is 1. The predicted molar refractivity (Wildman–Crippen MR) is 64.1 cm³/mol. The average Bonchev–Trinajstić information content (AvgIpc) is 2.29. The van der Waals surface area contributed by atoms with Crippen LogP contribution >= 0.6 is 0 Å². The van der Waals surface area contributed by atoms with E-state index in [1.54, 1.807) is 6.07 Å². The predicted octanol–water partition coefficient (Wildman–Crippen LogP) is 2.32. The van der Waals surface area contributed by atoms with Gasteiger partial charge in [-0.05, 0) is 30.5 Å². The van der Waals surface area contributed by atoms with Crippen LogP contribution in [0, 0.1) is 0 Å². The van der Waals surface area contributed by atoms with Crippen molar-refractivity contribution < 1.29 is 9.90 Å². The molecule has 2 rings (SSSR count). The molecule has 0 fully saturated rings. The number of hydrogen-bond acceptors (Lipinski definition) is 2. The van der Waals surface area contributed by atoms with E-state index in [0.717, 1.165) is 37.2 Å². The van der Waals surface area contributed by atoms with Crippen LogP contribution in [-0.4, -0.2) is 24.2 Å². The van der Waals surface area contributed by atoms with E-state index in [2.05, 4.69) is 11.5 Å². The number of carboxylic acid groups (broad SMARTS) is 1. The Hall–Kier alpha value is -1.77. The molecule has 0 aromatic heterocycles. The second-order valence-corrected chi connectivity index (χ2v) is 3.95. The van der Waals surface area contributed by atoms with E-state index in [1.807, 2.05) is 18.2 Å². The van der Waals surface area contributed by atoms with Crippen molar-refractivity contribution in [3.63, 3.8) is 0 Å². The minimum atomic E-state index is -0.836. The van der Waals surface area contributed by atoms with Crippen LogP contribution in [0.4, 0.5) is 5.69 Å². The molecule has 1 aliphatic rings. The molecule has 1 N–H and O–H groups in total. The lowest BCUT2D eigenvalue weighted by atomic mass is 9.96. The zero-order chi connectivity index (χ0) is 11.5. The van der Waals surface area contributed by atoms with Crippen molar-refractivity contribution in [1.82, 2.24) is 0 Å². The van der Waals surface area contributed by atoms with Gasteiger partial charge in [0, 0.05) is 18.8 Å². The van der Waals surface area contributed by atoms with E-state index in [1.165, 1.54) is 0 Å². The fourth-order valence-corrected chi connectivity index (χ4v) is 2.25. The van der Waals surface area contributed by atoms with Crippen molar-refractivity contribution in [3.05, 3.63) is 42.0 Å². The van der Waals surface area contributed by atoms with E-state index in [0.29, 0.717) is 5.56 Å². The molecule has 3 nitrogen and oxygen atoms in total. The highest BCUT2D eigenvalue weighted by molar-refractivity contribution is 5.91. The van der Waals surface area contributed by atoms with Gasteiger partial charge in [-0.2, -0.15) is 0 Å². The number of rotatable bonds is 3. The maximum absolute atomic E-state index is 11.1. The number of fused-ring (bicyclic) bond motifs is 1. The quantitative estimate of drug-likeness (QED) is 0.790. The summed E-state index contributed by atoms with van der Waals surface area (Å²) in [7, 11) is 0. The molecule has 1 aromatic rings. The van der Waals surface area contributed by atoms with E-state index < -0.39 is 5.97 Å². The standard InChI is InChI=1S/C13H15NO2/c1-2-8-14-9-4-6-10-11(13(15)16)5-3-7-12(10)14/h2-3,5,7H,1,4,6,8-9H2,(H,15,16). The molecule has 84 valence electrons. The smallest absolute Gasteiger partial charge is 0.336 e. The van der Waals surface area contributed by atoms with E-state index in [9.17, 15) is 4.79 Å². The van der Waals surface area contributed by atoms with Gasteiger partial charge in [-0.25, -0.2) is 4.79 Å². The lowest BCUT2D eigenvalue weighted by Gasteiger charge is -2.31. The summed E-state index contributed by atoms with van der Waals surface area (Å²) in [6.07, 6.45) is 3.71. The first-order valence-electron chi connectivity index (χ1n) is 5.45. The molecule has 0 radical (unpaired) electrons. The van der Waals surface area contributed by atoms with Gasteiger partial charge in [0.1, 0.15) is 0 Å². The van der Waals surface area contributed by atoms with Gasteiger partial charge >= 0.3 is 5.97 Å². The van der Waals surface area contributed by atoms with Crippen LogP contribution in [0.2, 0.25) is 0 Å². The highest BCUT2D eigenvalue weighted by Crippen LogP contribution is 2.29. The largest absolute Gasteiger partial charge is 0.478 e. The van der Waals surface area contributed by atoms with Crippen LogP contribution < -0.4 is 4.90 Å². The van der Waals surface area contributed by atoms with E-state index in [-0.39, 0.29) is 0 Å². The van der Waals surface area contributed by atoms with Gasteiger partial charge in [-0.1, -0.05) is 12.1 Å². The summed E-state index contributed by atoms with van der Waals surface area (Å²) in [6.45, 7) is 5.48. The summed E-state index contributed by atoms with van der Waals surface area (Å²) < 4.78 is 0. The Morgan fingerprint density at radius 3 is 3.06 bits per heavy atom. The van der Waals surface area contributed by atoms with Crippen LogP contribution in [-0.2, 0) is 6.42 Å². The summed E-state index contributed by atoms with van der Waals surface area (Å²) in [5, 5.41) is 9.12. The van der Waals surface area contributed by atoms with Crippen LogP contribution in [0.3, 0.4) is 0 Å². The molecule has 1 aromatic carbocycles. The van der Waals surface area contributed by atoms with Crippen molar-refractivity contribution in [2.75, 3.05) is 18.0 Å². The van der Waals surface area contributed by atoms with Crippen LogP contribution in [0.1, 0.15) is 22.3 Å². The first-order chi connectivity index (χ1) is 7.74.